The van der Waals surface area contributed by atoms with Crippen LogP contribution in [0, 0.1) is 0 Å². The second-order valence-electron chi connectivity index (χ2n) is 5.71. The molecule has 0 aliphatic heterocycles. The molecule has 0 saturated carbocycles. The summed E-state index contributed by atoms with van der Waals surface area (Å²) >= 11 is 5.94. The number of anilines is 2. The van der Waals surface area contributed by atoms with E-state index in [4.69, 9.17) is 22.1 Å². The lowest BCUT2D eigenvalue weighted by molar-refractivity contribution is 0.196. The van der Waals surface area contributed by atoms with Crippen LogP contribution in [0.2, 0.25) is 5.02 Å². The quantitative estimate of drug-likeness (QED) is 0.820. The molecule has 0 fully saturated rings. The van der Waals surface area contributed by atoms with E-state index >= 15 is 0 Å². The first-order chi connectivity index (χ1) is 11.4. The largest absolute Gasteiger partial charge is 0.492 e. The van der Waals surface area contributed by atoms with Gasteiger partial charge in [-0.25, -0.2) is 0 Å². The molecule has 2 rings (SSSR count). The molecule has 24 heavy (non-hydrogen) atoms. The van der Waals surface area contributed by atoms with Gasteiger partial charge in [-0.1, -0.05) is 17.7 Å². The van der Waals surface area contributed by atoms with E-state index in [1.807, 2.05) is 46.3 Å². The molecule has 130 valence electrons. The van der Waals surface area contributed by atoms with E-state index in [0.717, 1.165) is 5.75 Å². The fraction of sp³-hybridized carbons (Fsp3) is 0.438. The van der Waals surface area contributed by atoms with Gasteiger partial charge in [0, 0.05) is 25.7 Å². The summed E-state index contributed by atoms with van der Waals surface area (Å²) in [4.78, 5) is 16.7. The van der Waals surface area contributed by atoms with E-state index in [-0.39, 0.29) is 12.0 Å². The minimum atomic E-state index is -0.0167. The topological polar surface area (TPSA) is 80.4 Å². The van der Waals surface area contributed by atoms with Gasteiger partial charge in [0.25, 0.3) is 0 Å². The highest BCUT2D eigenvalue weighted by molar-refractivity contribution is 6.30. The molecule has 2 N–H and O–H groups in total. The molecule has 0 amide bonds. The van der Waals surface area contributed by atoms with Gasteiger partial charge in [-0.15, -0.1) is 0 Å². The first kappa shape index (κ1) is 18.2. The number of aromatic nitrogens is 3. The van der Waals surface area contributed by atoms with Crippen LogP contribution in [-0.4, -0.2) is 54.1 Å². The molecule has 1 heterocycles. The lowest BCUT2D eigenvalue weighted by Gasteiger charge is -2.24. The number of nitrogen functional groups attached to an aromatic ring is 1. The molecule has 0 unspecified atom stereocenters. The zero-order chi connectivity index (χ0) is 17.7. The van der Waals surface area contributed by atoms with Crippen LogP contribution >= 0.6 is 11.6 Å². The number of likely N-dealkylation sites (N-methyl/N-ethyl adjacent to an activating group) is 1. The second-order valence-corrected chi connectivity index (χ2v) is 6.15. The van der Waals surface area contributed by atoms with Crippen molar-refractivity contribution in [3.05, 3.63) is 35.1 Å². The smallest absolute Gasteiger partial charge is 0.229 e. The summed E-state index contributed by atoms with van der Waals surface area (Å²) in [6.45, 7) is 3.26. The van der Waals surface area contributed by atoms with Crippen molar-refractivity contribution in [2.75, 3.05) is 44.9 Å². The molecule has 8 heteroatoms. The van der Waals surface area contributed by atoms with Gasteiger partial charge in [-0.2, -0.15) is 15.0 Å². The standard InChI is InChI=1S/C16H23ClN6O/c1-11(14-19-15(18)21-16(20-14)22(2)3)23(4)8-9-24-13-7-5-6-12(17)10-13/h5-7,10-11H,8-9H2,1-4H3,(H2,18,19,20,21)/t11-/m0/s1. The van der Waals surface area contributed by atoms with E-state index < -0.39 is 0 Å². The van der Waals surface area contributed by atoms with E-state index in [1.54, 1.807) is 11.0 Å². The molecule has 0 bridgehead atoms. The number of nitrogens with zero attached hydrogens (tertiary/aromatic N) is 5. The Kier molecular flexibility index (Phi) is 6.16. The average Bonchev–Trinajstić information content (AvgIpc) is 2.53. The van der Waals surface area contributed by atoms with Crippen molar-refractivity contribution >= 4 is 23.5 Å². The molecule has 0 spiro atoms. The number of halogens is 1. The summed E-state index contributed by atoms with van der Waals surface area (Å²) in [6.07, 6.45) is 0. The fourth-order valence-corrected chi connectivity index (χ4v) is 2.22. The number of nitrogens with two attached hydrogens (primary N) is 1. The Labute approximate surface area is 147 Å². The van der Waals surface area contributed by atoms with Crippen LogP contribution in [0.25, 0.3) is 0 Å². The average molecular weight is 351 g/mol. The van der Waals surface area contributed by atoms with Crippen LogP contribution in [0.4, 0.5) is 11.9 Å². The minimum Gasteiger partial charge on any atom is -0.492 e. The first-order valence-electron chi connectivity index (χ1n) is 7.64. The van der Waals surface area contributed by atoms with Gasteiger partial charge in [0.2, 0.25) is 11.9 Å². The summed E-state index contributed by atoms with van der Waals surface area (Å²) in [6, 6.07) is 7.33. The van der Waals surface area contributed by atoms with Gasteiger partial charge >= 0.3 is 0 Å². The van der Waals surface area contributed by atoms with Crippen LogP contribution in [0.5, 0.6) is 5.75 Å². The maximum Gasteiger partial charge on any atom is 0.229 e. The molecule has 7 nitrogen and oxygen atoms in total. The highest BCUT2D eigenvalue weighted by Crippen LogP contribution is 2.19. The van der Waals surface area contributed by atoms with Crippen molar-refractivity contribution in [3.8, 4) is 5.75 Å². The molecular weight excluding hydrogens is 328 g/mol. The monoisotopic (exact) mass is 350 g/mol. The Hall–Kier alpha value is -2.12. The van der Waals surface area contributed by atoms with Crippen LogP contribution in [0.15, 0.2) is 24.3 Å². The highest BCUT2D eigenvalue weighted by Gasteiger charge is 2.17. The van der Waals surface area contributed by atoms with E-state index in [0.29, 0.717) is 29.9 Å². The van der Waals surface area contributed by atoms with Gasteiger partial charge in [-0.3, -0.25) is 4.90 Å². The normalized spacial score (nSPS) is 12.2. The summed E-state index contributed by atoms with van der Waals surface area (Å²) in [5.41, 5.74) is 5.78. The maximum atomic E-state index is 5.94. The second kappa shape index (κ2) is 8.12. The molecule has 0 aliphatic rings. The van der Waals surface area contributed by atoms with Crippen LogP contribution in [0.1, 0.15) is 18.8 Å². The third-order valence-electron chi connectivity index (χ3n) is 3.60. The molecule has 0 aliphatic carbocycles. The molecule has 1 atom stereocenters. The highest BCUT2D eigenvalue weighted by atomic mass is 35.5. The van der Waals surface area contributed by atoms with Crippen LogP contribution in [0.3, 0.4) is 0 Å². The van der Waals surface area contributed by atoms with E-state index in [1.165, 1.54) is 0 Å². The van der Waals surface area contributed by atoms with Crippen molar-refractivity contribution < 1.29 is 4.74 Å². The Balaban J connectivity index is 1.95. The molecular formula is C16H23ClN6O. The van der Waals surface area contributed by atoms with Crippen molar-refractivity contribution in [1.82, 2.24) is 19.9 Å². The molecule has 1 aromatic carbocycles. The van der Waals surface area contributed by atoms with Crippen LogP contribution in [-0.2, 0) is 0 Å². The Morgan fingerprint density at radius 2 is 1.96 bits per heavy atom. The van der Waals surface area contributed by atoms with Crippen LogP contribution < -0.4 is 15.4 Å². The van der Waals surface area contributed by atoms with E-state index in [9.17, 15) is 0 Å². The zero-order valence-electron chi connectivity index (χ0n) is 14.4. The number of ether oxygens (including phenoxy) is 1. The number of rotatable bonds is 7. The summed E-state index contributed by atoms with van der Waals surface area (Å²) in [5, 5.41) is 0.658. The Bertz CT molecular complexity index is 681. The van der Waals surface area contributed by atoms with Gasteiger partial charge in [-0.05, 0) is 32.2 Å². The van der Waals surface area contributed by atoms with Gasteiger partial charge < -0.3 is 15.4 Å². The zero-order valence-corrected chi connectivity index (χ0v) is 15.2. The van der Waals surface area contributed by atoms with Crippen molar-refractivity contribution in [3.63, 3.8) is 0 Å². The van der Waals surface area contributed by atoms with Crippen molar-refractivity contribution in [1.29, 1.82) is 0 Å². The SMILES string of the molecule is C[C@@H](c1nc(N)nc(N(C)C)n1)N(C)CCOc1cccc(Cl)c1. The summed E-state index contributed by atoms with van der Waals surface area (Å²) in [7, 11) is 5.72. The predicted molar refractivity (Wildman–Crippen MR) is 96.6 cm³/mol. The van der Waals surface area contributed by atoms with Crippen molar-refractivity contribution in [2.45, 2.75) is 13.0 Å². The fourth-order valence-electron chi connectivity index (χ4n) is 2.04. The molecule has 0 saturated heterocycles. The number of hydrogen-bond acceptors (Lipinski definition) is 7. The first-order valence-corrected chi connectivity index (χ1v) is 8.02. The lowest BCUT2D eigenvalue weighted by atomic mass is 10.3. The van der Waals surface area contributed by atoms with Gasteiger partial charge in [0.1, 0.15) is 12.4 Å². The van der Waals surface area contributed by atoms with Gasteiger partial charge in [0.05, 0.1) is 6.04 Å². The lowest BCUT2D eigenvalue weighted by Crippen LogP contribution is -2.29. The Morgan fingerprint density at radius 3 is 2.62 bits per heavy atom. The predicted octanol–water partition coefficient (Wildman–Crippen LogP) is 2.25. The van der Waals surface area contributed by atoms with Gasteiger partial charge in [0.15, 0.2) is 5.82 Å². The number of hydrogen-bond donors (Lipinski definition) is 1. The molecule has 1 aromatic heterocycles. The Morgan fingerprint density at radius 1 is 1.21 bits per heavy atom. The van der Waals surface area contributed by atoms with Crippen molar-refractivity contribution in [2.24, 2.45) is 0 Å². The number of benzene rings is 1. The summed E-state index contributed by atoms with van der Waals surface area (Å²) in [5.74, 6) is 2.16. The third-order valence-corrected chi connectivity index (χ3v) is 3.84. The van der Waals surface area contributed by atoms with E-state index in [2.05, 4.69) is 19.9 Å². The molecule has 2 aromatic rings. The minimum absolute atomic E-state index is 0.0167. The maximum absolute atomic E-state index is 5.94. The third kappa shape index (κ3) is 4.94. The molecule has 0 radical (unpaired) electrons. The summed E-state index contributed by atoms with van der Waals surface area (Å²) < 4.78 is 5.72.